The van der Waals surface area contributed by atoms with E-state index in [0.717, 1.165) is 11.1 Å². The molecular formula is C16H14Cl2O2. The molecule has 1 heterocycles. The first-order chi connectivity index (χ1) is 9.65. The van der Waals surface area contributed by atoms with Gasteiger partial charge in [-0.25, -0.2) is 0 Å². The second-order valence-corrected chi connectivity index (χ2v) is 5.65. The molecule has 0 amide bonds. The van der Waals surface area contributed by atoms with Gasteiger partial charge in [-0.1, -0.05) is 59.6 Å². The highest BCUT2D eigenvalue weighted by atomic mass is 35.5. The summed E-state index contributed by atoms with van der Waals surface area (Å²) in [6.07, 6.45) is -0.619. The van der Waals surface area contributed by atoms with E-state index < -0.39 is 0 Å². The zero-order valence-electron chi connectivity index (χ0n) is 10.9. The summed E-state index contributed by atoms with van der Waals surface area (Å²) in [4.78, 5) is 0. The largest absolute Gasteiger partial charge is 0.342 e. The van der Waals surface area contributed by atoms with Gasteiger partial charge in [0, 0.05) is 21.2 Å². The highest BCUT2D eigenvalue weighted by Crippen LogP contribution is 2.42. The molecule has 2 nitrogen and oxygen atoms in total. The molecule has 20 heavy (non-hydrogen) atoms. The molecule has 0 aromatic heterocycles. The number of halogens is 2. The Morgan fingerprint density at radius 1 is 0.950 bits per heavy atom. The summed E-state index contributed by atoms with van der Waals surface area (Å²) in [7, 11) is 0. The molecule has 2 aromatic rings. The summed E-state index contributed by atoms with van der Waals surface area (Å²) in [6, 6.07) is 15.3. The van der Waals surface area contributed by atoms with Crippen LogP contribution in [0.1, 0.15) is 30.4 Å². The van der Waals surface area contributed by atoms with E-state index in [9.17, 15) is 0 Å². The topological polar surface area (TPSA) is 18.5 Å². The van der Waals surface area contributed by atoms with Crippen LogP contribution in [-0.4, -0.2) is 6.10 Å². The lowest BCUT2D eigenvalue weighted by atomic mass is 10.1. The van der Waals surface area contributed by atoms with Crippen molar-refractivity contribution in [1.29, 1.82) is 0 Å². The van der Waals surface area contributed by atoms with Gasteiger partial charge in [-0.15, -0.1) is 0 Å². The molecule has 104 valence electrons. The summed E-state index contributed by atoms with van der Waals surface area (Å²) in [6.45, 7) is 1.98. The number of hydrogen-bond acceptors (Lipinski definition) is 2. The number of hydrogen-bond donors (Lipinski definition) is 0. The van der Waals surface area contributed by atoms with Crippen LogP contribution in [0.5, 0.6) is 0 Å². The summed E-state index contributed by atoms with van der Waals surface area (Å²) in [5.74, 6) is 0. The van der Waals surface area contributed by atoms with Crippen LogP contribution in [0.4, 0.5) is 0 Å². The smallest absolute Gasteiger partial charge is 0.185 e. The van der Waals surface area contributed by atoms with Crippen LogP contribution in [0.15, 0.2) is 48.5 Å². The normalized spacial score (nSPS) is 25.9. The molecular weight excluding hydrogens is 295 g/mol. The van der Waals surface area contributed by atoms with E-state index in [1.807, 2.05) is 49.4 Å². The third-order valence-corrected chi connectivity index (χ3v) is 3.94. The quantitative estimate of drug-likeness (QED) is 0.762. The van der Waals surface area contributed by atoms with Gasteiger partial charge in [0.15, 0.2) is 6.29 Å². The van der Waals surface area contributed by atoms with Crippen LogP contribution < -0.4 is 0 Å². The van der Waals surface area contributed by atoms with Crippen molar-refractivity contribution < 1.29 is 9.47 Å². The molecule has 0 spiro atoms. The minimum absolute atomic E-state index is 0.0705. The van der Waals surface area contributed by atoms with Crippen LogP contribution in [0.25, 0.3) is 0 Å². The van der Waals surface area contributed by atoms with E-state index in [2.05, 4.69) is 0 Å². The van der Waals surface area contributed by atoms with Gasteiger partial charge in [-0.05, 0) is 19.1 Å². The fourth-order valence-electron chi connectivity index (χ4n) is 2.37. The molecule has 3 atom stereocenters. The van der Waals surface area contributed by atoms with Gasteiger partial charge in [-0.2, -0.15) is 0 Å². The van der Waals surface area contributed by atoms with Crippen LogP contribution in [0.3, 0.4) is 0 Å². The van der Waals surface area contributed by atoms with Crippen molar-refractivity contribution in [3.63, 3.8) is 0 Å². The molecule has 0 radical (unpaired) electrons. The van der Waals surface area contributed by atoms with Gasteiger partial charge in [0.1, 0.15) is 6.10 Å². The number of benzene rings is 2. The van der Waals surface area contributed by atoms with E-state index in [-0.39, 0.29) is 18.5 Å². The fraction of sp³-hybridized carbons (Fsp3) is 0.250. The van der Waals surface area contributed by atoms with E-state index in [0.29, 0.717) is 10.0 Å². The molecule has 2 aromatic carbocycles. The lowest BCUT2D eigenvalue weighted by molar-refractivity contribution is -0.0676. The summed E-state index contributed by atoms with van der Waals surface area (Å²) in [5, 5.41) is 1.22. The minimum Gasteiger partial charge on any atom is -0.342 e. The highest BCUT2D eigenvalue weighted by molar-refractivity contribution is 6.35. The first-order valence-corrected chi connectivity index (χ1v) is 7.21. The maximum Gasteiger partial charge on any atom is 0.185 e. The Bertz CT molecular complexity index is 601. The zero-order valence-corrected chi connectivity index (χ0v) is 12.4. The first-order valence-electron chi connectivity index (χ1n) is 6.46. The first kappa shape index (κ1) is 13.9. The average Bonchev–Trinajstić information content (AvgIpc) is 2.82. The molecule has 0 aliphatic carbocycles. The molecule has 1 aliphatic heterocycles. The number of rotatable bonds is 2. The average molecular weight is 309 g/mol. The van der Waals surface area contributed by atoms with E-state index in [1.165, 1.54) is 0 Å². The predicted octanol–water partition coefficient (Wildman–Crippen LogP) is 5.17. The van der Waals surface area contributed by atoms with Gasteiger partial charge in [0.25, 0.3) is 0 Å². The Morgan fingerprint density at radius 3 is 2.40 bits per heavy atom. The van der Waals surface area contributed by atoms with Crippen LogP contribution in [0, 0.1) is 0 Å². The molecule has 0 bridgehead atoms. The Balaban J connectivity index is 1.85. The van der Waals surface area contributed by atoms with Crippen molar-refractivity contribution in [1.82, 2.24) is 0 Å². The van der Waals surface area contributed by atoms with Crippen LogP contribution in [0.2, 0.25) is 10.0 Å². The molecule has 4 heteroatoms. The molecule has 3 unspecified atom stereocenters. The van der Waals surface area contributed by atoms with Gasteiger partial charge in [-0.3, -0.25) is 0 Å². The SMILES string of the molecule is CC1OC(c2ccccc2)OC1c1ccc(Cl)cc1Cl. The van der Waals surface area contributed by atoms with Gasteiger partial charge in [0.05, 0.1) is 6.10 Å². The van der Waals surface area contributed by atoms with E-state index in [4.69, 9.17) is 32.7 Å². The van der Waals surface area contributed by atoms with Gasteiger partial charge in [0.2, 0.25) is 0 Å². The predicted molar refractivity (Wildman–Crippen MR) is 80.0 cm³/mol. The van der Waals surface area contributed by atoms with Crippen LogP contribution in [-0.2, 0) is 9.47 Å². The van der Waals surface area contributed by atoms with Crippen molar-refractivity contribution in [3.8, 4) is 0 Å². The van der Waals surface area contributed by atoms with Gasteiger partial charge >= 0.3 is 0 Å². The Kier molecular flexibility index (Phi) is 3.99. The van der Waals surface area contributed by atoms with Crippen molar-refractivity contribution in [2.24, 2.45) is 0 Å². The minimum atomic E-state index is -0.358. The molecule has 0 saturated carbocycles. The second-order valence-electron chi connectivity index (χ2n) is 4.81. The lowest BCUT2D eigenvalue weighted by Gasteiger charge is -2.15. The highest BCUT2D eigenvalue weighted by Gasteiger charge is 2.35. The lowest BCUT2D eigenvalue weighted by Crippen LogP contribution is -2.10. The summed E-state index contributed by atoms with van der Waals surface area (Å²) < 4.78 is 11.9. The third-order valence-electron chi connectivity index (χ3n) is 3.38. The molecule has 1 aliphatic rings. The van der Waals surface area contributed by atoms with Crippen molar-refractivity contribution in [3.05, 3.63) is 69.7 Å². The molecule has 3 rings (SSSR count). The summed E-state index contributed by atoms with van der Waals surface area (Å²) in [5.41, 5.74) is 1.91. The Hall–Kier alpha value is -1.06. The maximum atomic E-state index is 6.25. The maximum absolute atomic E-state index is 6.25. The van der Waals surface area contributed by atoms with Crippen LogP contribution >= 0.6 is 23.2 Å². The molecule has 1 saturated heterocycles. The van der Waals surface area contributed by atoms with E-state index >= 15 is 0 Å². The Labute approximate surface area is 128 Å². The number of ether oxygens (including phenoxy) is 2. The van der Waals surface area contributed by atoms with Gasteiger partial charge < -0.3 is 9.47 Å². The third kappa shape index (κ3) is 2.70. The van der Waals surface area contributed by atoms with Crippen molar-refractivity contribution >= 4 is 23.2 Å². The van der Waals surface area contributed by atoms with Crippen molar-refractivity contribution in [2.45, 2.75) is 25.4 Å². The zero-order chi connectivity index (χ0) is 14.1. The molecule has 0 N–H and O–H groups in total. The van der Waals surface area contributed by atoms with E-state index in [1.54, 1.807) is 6.07 Å². The Morgan fingerprint density at radius 2 is 1.70 bits per heavy atom. The molecule has 1 fully saturated rings. The fourth-order valence-corrected chi connectivity index (χ4v) is 2.88. The monoisotopic (exact) mass is 308 g/mol. The second kappa shape index (κ2) is 5.74. The standard InChI is InChI=1S/C16H14Cl2O2/c1-10-15(13-8-7-12(17)9-14(13)18)20-16(19-10)11-5-3-2-4-6-11/h2-10,15-16H,1H3. The summed E-state index contributed by atoms with van der Waals surface area (Å²) >= 11 is 12.2. The van der Waals surface area contributed by atoms with Crippen molar-refractivity contribution in [2.75, 3.05) is 0 Å².